The molecule has 0 saturated carbocycles. The molecule has 1 nitrogen and oxygen atoms in total. The van der Waals surface area contributed by atoms with Crippen LogP contribution in [0.3, 0.4) is 0 Å². The topological polar surface area (TPSA) is 17.1 Å². The number of ketones is 1. The predicted octanol–water partition coefficient (Wildman–Crippen LogP) is 5.16. The van der Waals surface area contributed by atoms with Gasteiger partial charge in [0.25, 0.3) is 0 Å². The lowest BCUT2D eigenvalue weighted by molar-refractivity contribution is -0.118. The van der Waals surface area contributed by atoms with Crippen LogP contribution in [0.15, 0.2) is 46.9 Å². The molecule has 0 radical (unpaired) electrons. The lowest BCUT2D eigenvalue weighted by Crippen LogP contribution is -2.05. The van der Waals surface area contributed by atoms with Crippen molar-refractivity contribution in [2.45, 2.75) is 26.2 Å². The number of hydrogen-bond acceptors (Lipinski definition) is 1. The van der Waals surface area contributed by atoms with E-state index in [0.29, 0.717) is 17.9 Å². The first-order chi connectivity index (χ1) is 9.56. The van der Waals surface area contributed by atoms with Crippen LogP contribution in [0.2, 0.25) is 5.02 Å². The molecule has 0 unspecified atom stereocenters. The molecule has 0 heterocycles. The summed E-state index contributed by atoms with van der Waals surface area (Å²) in [5.41, 5.74) is 3.37. The van der Waals surface area contributed by atoms with Crippen LogP contribution in [0.25, 0.3) is 0 Å². The number of carbonyl (C=O) groups excluding carboxylic acids is 1. The third kappa shape index (κ3) is 4.19. The van der Waals surface area contributed by atoms with Crippen LogP contribution in [0.4, 0.5) is 0 Å². The first kappa shape index (κ1) is 15.3. The maximum Gasteiger partial charge on any atom is 0.137 e. The minimum Gasteiger partial charge on any atom is -0.299 e. The van der Waals surface area contributed by atoms with Gasteiger partial charge < -0.3 is 0 Å². The van der Waals surface area contributed by atoms with Crippen LogP contribution in [-0.2, 0) is 17.6 Å². The van der Waals surface area contributed by atoms with Crippen molar-refractivity contribution in [2.24, 2.45) is 0 Å². The van der Waals surface area contributed by atoms with E-state index in [9.17, 15) is 4.79 Å². The van der Waals surface area contributed by atoms with Crippen molar-refractivity contribution in [1.29, 1.82) is 0 Å². The van der Waals surface area contributed by atoms with Crippen LogP contribution in [0, 0.1) is 6.92 Å². The highest BCUT2D eigenvalue weighted by Crippen LogP contribution is 2.22. The summed E-state index contributed by atoms with van der Waals surface area (Å²) >= 11 is 9.50. The first-order valence-corrected chi connectivity index (χ1v) is 7.73. The van der Waals surface area contributed by atoms with Gasteiger partial charge in [-0.25, -0.2) is 0 Å². The molecule has 0 fully saturated rings. The summed E-state index contributed by atoms with van der Waals surface area (Å²) in [7, 11) is 0. The Balaban J connectivity index is 1.94. The van der Waals surface area contributed by atoms with Crippen molar-refractivity contribution in [3.8, 4) is 0 Å². The summed E-state index contributed by atoms with van der Waals surface area (Å²) in [6.45, 7) is 2.07. The smallest absolute Gasteiger partial charge is 0.137 e. The van der Waals surface area contributed by atoms with Gasteiger partial charge in [0.1, 0.15) is 5.78 Å². The quantitative estimate of drug-likeness (QED) is 0.727. The van der Waals surface area contributed by atoms with Crippen LogP contribution < -0.4 is 0 Å². The second-order valence-corrected chi connectivity index (χ2v) is 6.20. The summed E-state index contributed by atoms with van der Waals surface area (Å²) in [5, 5.41) is 0.642. The zero-order valence-electron chi connectivity index (χ0n) is 11.3. The lowest BCUT2D eigenvalue weighted by Gasteiger charge is -2.06. The van der Waals surface area contributed by atoms with Gasteiger partial charge in [-0.3, -0.25) is 4.79 Å². The SMILES string of the molecule is Cc1ccccc1CCC(=O)Cc1ccc(Br)cc1Cl. The normalized spacial score (nSPS) is 10.6. The third-order valence-electron chi connectivity index (χ3n) is 3.34. The second-order valence-electron chi connectivity index (χ2n) is 4.88. The standard InChI is InChI=1S/C17H16BrClO/c1-12-4-2-3-5-13(12)7-9-16(20)10-14-6-8-15(18)11-17(14)19/h2-6,8,11H,7,9-10H2,1H3. The molecule has 0 aliphatic heterocycles. The summed E-state index contributed by atoms with van der Waals surface area (Å²) in [4.78, 5) is 12.1. The Kier molecular flexibility index (Phi) is 5.38. The van der Waals surface area contributed by atoms with Gasteiger partial charge in [-0.05, 0) is 42.2 Å². The molecule has 20 heavy (non-hydrogen) atoms. The lowest BCUT2D eigenvalue weighted by atomic mass is 10.00. The summed E-state index contributed by atoms with van der Waals surface area (Å²) < 4.78 is 0.929. The minimum atomic E-state index is 0.220. The van der Waals surface area contributed by atoms with Crippen LogP contribution in [-0.4, -0.2) is 5.78 Å². The highest BCUT2D eigenvalue weighted by Gasteiger charge is 2.08. The molecule has 0 bridgehead atoms. The Labute approximate surface area is 133 Å². The monoisotopic (exact) mass is 350 g/mol. The van der Waals surface area contributed by atoms with Crippen molar-refractivity contribution in [3.05, 3.63) is 68.7 Å². The molecule has 0 saturated heterocycles. The largest absolute Gasteiger partial charge is 0.299 e. The molecule has 104 valence electrons. The number of Topliss-reactive ketones (excluding diaryl/α,β-unsaturated/α-hetero) is 1. The van der Waals surface area contributed by atoms with E-state index in [2.05, 4.69) is 35.0 Å². The molecule has 0 aromatic heterocycles. The molecule has 0 aliphatic rings. The van der Waals surface area contributed by atoms with Crippen LogP contribution in [0.5, 0.6) is 0 Å². The van der Waals surface area contributed by atoms with E-state index >= 15 is 0 Å². The van der Waals surface area contributed by atoms with Gasteiger partial charge in [0, 0.05) is 22.3 Å². The highest BCUT2D eigenvalue weighted by molar-refractivity contribution is 9.10. The van der Waals surface area contributed by atoms with Gasteiger partial charge in [-0.1, -0.05) is 57.9 Å². The summed E-state index contributed by atoms with van der Waals surface area (Å²) in [5.74, 6) is 0.220. The fourth-order valence-corrected chi connectivity index (χ4v) is 2.87. The average Bonchev–Trinajstić information content (AvgIpc) is 2.41. The van der Waals surface area contributed by atoms with E-state index in [0.717, 1.165) is 16.5 Å². The Morgan fingerprint density at radius 1 is 1.15 bits per heavy atom. The highest BCUT2D eigenvalue weighted by atomic mass is 79.9. The van der Waals surface area contributed by atoms with Crippen molar-refractivity contribution in [2.75, 3.05) is 0 Å². The molecule has 2 aromatic carbocycles. The van der Waals surface area contributed by atoms with E-state index in [-0.39, 0.29) is 5.78 Å². The number of carbonyl (C=O) groups is 1. The number of rotatable bonds is 5. The predicted molar refractivity (Wildman–Crippen MR) is 87.4 cm³/mol. The van der Waals surface area contributed by atoms with Crippen molar-refractivity contribution < 1.29 is 4.79 Å². The molecule has 0 aliphatic carbocycles. The molecule has 2 aromatic rings. The summed E-state index contributed by atoms with van der Waals surface area (Å²) in [6, 6.07) is 13.8. The number of hydrogen-bond donors (Lipinski definition) is 0. The molecule has 2 rings (SSSR count). The van der Waals surface area contributed by atoms with E-state index in [4.69, 9.17) is 11.6 Å². The number of halogens is 2. The number of aryl methyl sites for hydroxylation is 2. The molecule has 0 atom stereocenters. The van der Waals surface area contributed by atoms with E-state index < -0.39 is 0 Å². The Morgan fingerprint density at radius 3 is 2.60 bits per heavy atom. The van der Waals surface area contributed by atoms with Gasteiger partial charge in [-0.2, -0.15) is 0 Å². The van der Waals surface area contributed by atoms with Crippen molar-refractivity contribution in [3.63, 3.8) is 0 Å². The molecule has 0 N–H and O–H groups in total. The van der Waals surface area contributed by atoms with Gasteiger partial charge in [0.05, 0.1) is 0 Å². The van der Waals surface area contributed by atoms with Crippen LogP contribution >= 0.6 is 27.5 Å². The third-order valence-corrected chi connectivity index (χ3v) is 4.18. The molecule has 0 amide bonds. The molecule has 3 heteroatoms. The molecular formula is C17H16BrClO. The molecular weight excluding hydrogens is 336 g/mol. The van der Waals surface area contributed by atoms with Gasteiger partial charge in [-0.15, -0.1) is 0 Å². The minimum absolute atomic E-state index is 0.220. The van der Waals surface area contributed by atoms with Gasteiger partial charge >= 0.3 is 0 Å². The van der Waals surface area contributed by atoms with E-state index in [1.807, 2.05) is 30.3 Å². The first-order valence-electron chi connectivity index (χ1n) is 6.56. The maximum absolute atomic E-state index is 12.1. The second kappa shape index (κ2) is 7.05. The van der Waals surface area contributed by atoms with E-state index in [1.54, 1.807) is 0 Å². The molecule has 0 spiro atoms. The van der Waals surface area contributed by atoms with Gasteiger partial charge in [0.15, 0.2) is 0 Å². The van der Waals surface area contributed by atoms with Crippen molar-refractivity contribution >= 4 is 33.3 Å². The maximum atomic E-state index is 12.1. The van der Waals surface area contributed by atoms with Gasteiger partial charge in [0.2, 0.25) is 0 Å². The number of benzene rings is 2. The Hall–Kier alpha value is -1.12. The van der Waals surface area contributed by atoms with E-state index in [1.165, 1.54) is 11.1 Å². The Bertz CT molecular complexity index is 622. The Morgan fingerprint density at radius 2 is 1.90 bits per heavy atom. The fourth-order valence-electron chi connectivity index (χ4n) is 2.13. The zero-order chi connectivity index (χ0) is 14.5. The fraction of sp³-hybridized carbons (Fsp3) is 0.235. The van der Waals surface area contributed by atoms with Crippen molar-refractivity contribution in [1.82, 2.24) is 0 Å². The average molecular weight is 352 g/mol. The summed E-state index contributed by atoms with van der Waals surface area (Å²) in [6.07, 6.45) is 1.74. The zero-order valence-corrected chi connectivity index (χ0v) is 13.7. The van der Waals surface area contributed by atoms with Crippen LogP contribution in [0.1, 0.15) is 23.1 Å².